The summed E-state index contributed by atoms with van der Waals surface area (Å²) >= 11 is 0. The molecule has 0 heterocycles. The molecule has 1 N–H and O–H groups in total. The molecule has 0 unspecified atom stereocenters. The van der Waals surface area contributed by atoms with Gasteiger partial charge in [0.2, 0.25) is 0 Å². The van der Waals surface area contributed by atoms with Gasteiger partial charge in [-0.1, -0.05) is 0 Å². The van der Waals surface area contributed by atoms with Gasteiger partial charge in [-0.3, -0.25) is 0 Å². The van der Waals surface area contributed by atoms with E-state index in [1.807, 2.05) is 0 Å². The highest BCUT2D eigenvalue weighted by Crippen LogP contribution is 2.37. The monoisotopic (exact) mass is 291 g/mol. The number of nitrogens with zero attached hydrogens (tertiary/aromatic N) is 1. The molecule has 0 fully saturated rings. The molecule has 0 aromatic heterocycles. The molecule has 0 spiro atoms. The quantitative estimate of drug-likeness (QED) is 0.875. The van der Waals surface area contributed by atoms with Crippen LogP contribution in [0, 0.1) is 0 Å². The summed E-state index contributed by atoms with van der Waals surface area (Å²) in [6, 6.07) is 3.01. The Morgan fingerprint density at radius 2 is 2.05 bits per heavy atom. The van der Waals surface area contributed by atoms with Gasteiger partial charge in [0.1, 0.15) is 0 Å². The van der Waals surface area contributed by atoms with Crippen LogP contribution in [0.2, 0.25) is 0 Å². The molecule has 0 bridgehead atoms. The van der Waals surface area contributed by atoms with Crippen LogP contribution in [0.15, 0.2) is 18.2 Å². The van der Waals surface area contributed by atoms with Crippen molar-refractivity contribution < 1.29 is 27.8 Å². The third-order valence-corrected chi connectivity index (χ3v) is 2.84. The number of hydrogen-bond acceptors (Lipinski definition) is 3. The average Bonchev–Trinajstić information content (AvgIpc) is 2.38. The van der Waals surface area contributed by atoms with E-state index in [1.165, 1.54) is 24.1 Å². The minimum atomic E-state index is -4.61. The predicted octanol–water partition coefficient (Wildman–Crippen LogP) is 2.88. The van der Waals surface area contributed by atoms with Crippen LogP contribution in [0.5, 0.6) is 0 Å². The summed E-state index contributed by atoms with van der Waals surface area (Å²) in [5, 5.41) is 8.80. The lowest BCUT2D eigenvalue weighted by atomic mass is 10.1. The summed E-state index contributed by atoms with van der Waals surface area (Å²) in [6.07, 6.45) is -4.61. The number of aromatic carboxylic acids is 1. The summed E-state index contributed by atoms with van der Waals surface area (Å²) in [4.78, 5) is 12.3. The minimum Gasteiger partial charge on any atom is -0.478 e. The average molecular weight is 291 g/mol. The molecule has 0 saturated carbocycles. The van der Waals surface area contributed by atoms with Gasteiger partial charge in [-0.25, -0.2) is 4.79 Å². The summed E-state index contributed by atoms with van der Waals surface area (Å²) in [6.45, 7) is 2.66. The molecule has 0 aliphatic carbocycles. The number of rotatable bonds is 6. The lowest BCUT2D eigenvalue weighted by molar-refractivity contribution is -0.137. The first-order chi connectivity index (χ1) is 9.31. The molecule has 1 aromatic carbocycles. The van der Waals surface area contributed by atoms with Crippen LogP contribution in [-0.4, -0.2) is 37.9 Å². The van der Waals surface area contributed by atoms with Gasteiger partial charge >= 0.3 is 12.1 Å². The molecule has 0 amide bonds. The second-order valence-corrected chi connectivity index (χ2v) is 4.11. The Morgan fingerprint density at radius 1 is 1.40 bits per heavy atom. The minimum absolute atomic E-state index is 0.0398. The Balaban J connectivity index is 3.26. The van der Waals surface area contributed by atoms with E-state index < -0.39 is 17.7 Å². The fourth-order valence-corrected chi connectivity index (χ4v) is 1.82. The van der Waals surface area contributed by atoms with E-state index >= 15 is 0 Å². The fourth-order valence-electron chi connectivity index (χ4n) is 1.82. The number of halogens is 3. The molecular formula is C13H16F3NO3. The van der Waals surface area contributed by atoms with Gasteiger partial charge in [0.25, 0.3) is 0 Å². The van der Waals surface area contributed by atoms with Crippen LogP contribution in [0.25, 0.3) is 0 Å². The molecule has 4 nitrogen and oxygen atoms in total. The Labute approximate surface area is 114 Å². The zero-order valence-electron chi connectivity index (χ0n) is 11.2. The van der Waals surface area contributed by atoms with Crippen molar-refractivity contribution in [3.05, 3.63) is 29.3 Å². The number of carboxylic acid groups (broad SMARTS) is 1. The van der Waals surface area contributed by atoms with Gasteiger partial charge in [0.05, 0.1) is 17.7 Å². The maximum atomic E-state index is 13.1. The molecule has 0 aliphatic heterocycles. The van der Waals surface area contributed by atoms with Crippen molar-refractivity contribution in [1.29, 1.82) is 0 Å². The third-order valence-electron chi connectivity index (χ3n) is 2.84. The number of carbonyl (C=O) groups is 1. The third kappa shape index (κ3) is 3.86. The maximum Gasteiger partial charge on any atom is 0.418 e. The van der Waals surface area contributed by atoms with Gasteiger partial charge in [0, 0.05) is 25.9 Å². The van der Waals surface area contributed by atoms with Crippen molar-refractivity contribution in [2.45, 2.75) is 13.1 Å². The van der Waals surface area contributed by atoms with Crippen LogP contribution in [0.4, 0.5) is 18.9 Å². The smallest absolute Gasteiger partial charge is 0.418 e. The van der Waals surface area contributed by atoms with E-state index in [0.29, 0.717) is 19.2 Å². The summed E-state index contributed by atoms with van der Waals surface area (Å²) in [5.41, 5.74) is -1.37. The Hall–Kier alpha value is -1.76. The standard InChI is InChI=1S/C13H16F3NO3/c1-3-17(6-7-20-2)11-5-4-9(12(18)19)8-10(11)13(14,15)16/h4-5,8H,3,6-7H2,1-2H3,(H,18,19). The van der Waals surface area contributed by atoms with Crippen molar-refractivity contribution >= 4 is 11.7 Å². The van der Waals surface area contributed by atoms with E-state index in [2.05, 4.69) is 0 Å². The molecular weight excluding hydrogens is 275 g/mol. The van der Waals surface area contributed by atoms with Crippen molar-refractivity contribution in [3.63, 3.8) is 0 Å². The molecule has 7 heteroatoms. The van der Waals surface area contributed by atoms with Gasteiger partial charge in [0.15, 0.2) is 0 Å². The fraction of sp³-hybridized carbons (Fsp3) is 0.462. The topological polar surface area (TPSA) is 49.8 Å². The van der Waals surface area contributed by atoms with Gasteiger partial charge in [-0.15, -0.1) is 0 Å². The number of likely N-dealkylation sites (N-methyl/N-ethyl adjacent to an activating group) is 1. The molecule has 20 heavy (non-hydrogen) atoms. The number of alkyl halides is 3. The van der Waals surface area contributed by atoms with E-state index in [9.17, 15) is 18.0 Å². The van der Waals surface area contributed by atoms with Crippen LogP contribution >= 0.6 is 0 Å². The normalized spacial score (nSPS) is 11.4. The van der Waals surface area contributed by atoms with E-state index in [4.69, 9.17) is 9.84 Å². The van der Waals surface area contributed by atoms with Crippen molar-refractivity contribution in [2.75, 3.05) is 31.7 Å². The zero-order valence-corrected chi connectivity index (χ0v) is 11.2. The highest BCUT2D eigenvalue weighted by Gasteiger charge is 2.35. The highest BCUT2D eigenvalue weighted by atomic mass is 19.4. The Bertz CT molecular complexity index is 474. The molecule has 0 aliphatic rings. The number of ether oxygens (including phenoxy) is 1. The predicted molar refractivity (Wildman–Crippen MR) is 68.2 cm³/mol. The number of hydrogen-bond donors (Lipinski definition) is 1. The molecule has 112 valence electrons. The van der Waals surface area contributed by atoms with Crippen LogP contribution < -0.4 is 4.90 Å². The first kappa shape index (κ1) is 16.3. The Kier molecular flexibility index (Phi) is 5.38. The summed E-state index contributed by atoms with van der Waals surface area (Å²) in [7, 11) is 1.46. The van der Waals surface area contributed by atoms with Crippen molar-refractivity contribution in [1.82, 2.24) is 0 Å². The van der Waals surface area contributed by atoms with E-state index in [0.717, 1.165) is 0 Å². The van der Waals surface area contributed by atoms with Crippen LogP contribution in [-0.2, 0) is 10.9 Å². The van der Waals surface area contributed by atoms with E-state index in [1.54, 1.807) is 6.92 Å². The lowest BCUT2D eigenvalue weighted by Gasteiger charge is -2.26. The SMILES string of the molecule is CCN(CCOC)c1ccc(C(=O)O)cc1C(F)(F)F. The van der Waals surface area contributed by atoms with Crippen molar-refractivity contribution in [2.24, 2.45) is 0 Å². The Morgan fingerprint density at radius 3 is 2.50 bits per heavy atom. The van der Waals surface area contributed by atoms with Crippen molar-refractivity contribution in [3.8, 4) is 0 Å². The second kappa shape index (κ2) is 6.60. The first-order valence-corrected chi connectivity index (χ1v) is 5.99. The lowest BCUT2D eigenvalue weighted by Crippen LogP contribution is -2.29. The molecule has 1 rings (SSSR count). The zero-order chi connectivity index (χ0) is 15.3. The molecule has 0 radical (unpaired) electrons. The number of benzene rings is 1. The van der Waals surface area contributed by atoms with Gasteiger partial charge in [-0.2, -0.15) is 13.2 Å². The second-order valence-electron chi connectivity index (χ2n) is 4.11. The number of carboxylic acids is 1. The van der Waals surface area contributed by atoms with E-state index in [-0.39, 0.29) is 17.9 Å². The first-order valence-electron chi connectivity index (χ1n) is 5.99. The van der Waals surface area contributed by atoms with Crippen LogP contribution in [0.1, 0.15) is 22.8 Å². The van der Waals surface area contributed by atoms with Gasteiger partial charge in [-0.05, 0) is 25.1 Å². The highest BCUT2D eigenvalue weighted by molar-refractivity contribution is 5.88. The molecule has 0 saturated heterocycles. The summed E-state index contributed by atoms with van der Waals surface area (Å²) < 4.78 is 44.0. The largest absolute Gasteiger partial charge is 0.478 e. The summed E-state index contributed by atoms with van der Waals surface area (Å²) in [5.74, 6) is -1.39. The number of methoxy groups -OCH3 is 1. The van der Waals surface area contributed by atoms with Gasteiger partial charge < -0.3 is 14.7 Å². The number of anilines is 1. The molecule has 0 atom stereocenters. The van der Waals surface area contributed by atoms with Crippen LogP contribution in [0.3, 0.4) is 0 Å². The maximum absolute atomic E-state index is 13.1. The molecule has 1 aromatic rings.